The van der Waals surface area contributed by atoms with Crippen molar-refractivity contribution in [2.24, 2.45) is 0 Å². The number of pyridine rings is 1. The molecule has 1 unspecified atom stereocenters. The standard InChI is InChI=1S/C17H17ClF3N3O4/c1-10(15(26)24-23-6-7-25)27-12-2-4-13(5-3-12)28-16-14(18)8-11(9-22-16)17(19,20)21/h2-5,8-10,23,25H,6-7H2,1H3,(H,24,26). The number of nitrogens with zero attached hydrogens (tertiary/aromatic N) is 1. The predicted molar refractivity (Wildman–Crippen MR) is 94.1 cm³/mol. The SMILES string of the molecule is CC(Oc1ccc(Oc2ncc(C(F)(F)F)cc2Cl)cc1)C(=O)NNCCO. The molecule has 1 atom stereocenters. The molecular weight excluding hydrogens is 403 g/mol. The lowest BCUT2D eigenvalue weighted by atomic mass is 10.3. The molecule has 1 heterocycles. The van der Waals surface area contributed by atoms with Crippen molar-refractivity contribution >= 4 is 17.5 Å². The van der Waals surface area contributed by atoms with Crippen LogP contribution in [0, 0.1) is 0 Å². The van der Waals surface area contributed by atoms with E-state index in [0.717, 1.165) is 6.07 Å². The van der Waals surface area contributed by atoms with E-state index in [1.54, 1.807) is 0 Å². The minimum absolute atomic E-state index is 0.130. The first-order valence-corrected chi connectivity index (χ1v) is 8.39. The molecule has 28 heavy (non-hydrogen) atoms. The van der Waals surface area contributed by atoms with E-state index in [1.807, 2.05) is 0 Å². The molecule has 0 bridgehead atoms. The summed E-state index contributed by atoms with van der Waals surface area (Å²) >= 11 is 5.79. The summed E-state index contributed by atoms with van der Waals surface area (Å²) in [4.78, 5) is 15.3. The van der Waals surface area contributed by atoms with Crippen LogP contribution in [0.5, 0.6) is 17.4 Å². The molecule has 0 fully saturated rings. The first-order chi connectivity index (χ1) is 13.2. The summed E-state index contributed by atoms with van der Waals surface area (Å²) in [6, 6.07) is 6.72. The fraction of sp³-hybridized carbons (Fsp3) is 0.294. The maximum Gasteiger partial charge on any atom is 0.417 e. The Balaban J connectivity index is 1.96. The third-order valence-corrected chi connectivity index (χ3v) is 3.57. The van der Waals surface area contributed by atoms with Crippen LogP contribution in [0.15, 0.2) is 36.5 Å². The molecule has 1 amide bonds. The van der Waals surface area contributed by atoms with Gasteiger partial charge in [-0.2, -0.15) is 13.2 Å². The molecule has 0 saturated carbocycles. The van der Waals surface area contributed by atoms with Gasteiger partial charge in [-0.3, -0.25) is 10.2 Å². The molecule has 0 aliphatic heterocycles. The van der Waals surface area contributed by atoms with E-state index in [4.69, 9.17) is 26.2 Å². The number of rotatable bonds is 8. The van der Waals surface area contributed by atoms with Gasteiger partial charge in [-0.1, -0.05) is 11.6 Å². The van der Waals surface area contributed by atoms with Crippen molar-refractivity contribution in [2.45, 2.75) is 19.2 Å². The molecule has 0 saturated heterocycles. The first-order valence-electron chi connectivity index (χ1n) is 8.01. The van der Waals surface area contributed by atoms with Gasteiger partial charge in [0.1, 0.15) is 16.5 Å². The highest BCUT2D eigenvalue weighted by molar-refractivity contribution is 6.31. The van der Waals surface area contributed by atoms with Crippen molar-refractivity contribution in [3.8, 4) is 17.4 Å². The largest absolute Gasteiger partial charge is 0.481 e. The van der Waals surface area contributed by atoms with Crippen molar-refractivity contribution in [3.63, 3.8) is 0 Å². The van der Waals surface area contributed by atoms with Crippen LogP contribution in [0.4, 0.5) is 13.2 Å². The van der Waals surface area contributed by atoms with Crippen LogP contribution in [0.25, 0.3) is 0 Å². The maximum absolute atomic E-state index is 12.6. The molecule has 3 N–H and O–H groups in total. The smallest absolute Gasteiger partial charge is 0.417 e. The highest BCUT2D eigenvalue weighted by Gasteiger charge is 2.31. The summed E-state index contributed by atoms with van der Waals surface area (Å²) in [5, 5.41) is 8.35. The van der Waals surface area contributed by atoms with E-state index >= 15 is 0 Å². The second-order valence-corrected chi connectivity index (χ2v) is 5.89. The number of aliphatic hydroxyl groups is 1. The zero-order valence-electron chi connectivity index (χ0n) is 14.6. The predicted octanol–water partition coefficient (Wildman–Crippen LogP) is 2.93. The highest BCUT2D eigenvalue weighted by atomic mass is 35.5. The number of hydrogen-bond acceptors (Lipinski definition) is 6. The Morgan fingerprint density at radius 3 is 2.50 bits per heavy atom. The monoisotopic (exact) mass is 419 g/mol. The normalized spacial score (nSPS) is 12.4. The van der Waals surface area contributed by atoms with Crippen molar-refractivity contribution in [1.29, 1.82) is 0 Å². The molecule has 11 heteroatoms. The summed E-state index contributed by atoms with van der Waals surface area (Å²) in [5.74, 6) is 0.0208. The van der Waals surface area contributed by atoms with Gasteiger partial charge < -0.3 is 14.6 Å². The number of alkyl halides is 3. The molecule has 0 spiro atoms. The van der Waals surface area contributed by atoms with Gasteiger partial charge in [0.15, 0.2) is 6.10 Å². The van der Waals surface area contributed by atoms with Crippen LogP contribution in [0.2, 0.25) is 5.02 Å². The van der Waals surface area contributed by atoms with Crippen LogP contribution in [-0.2, 0) is 11.0 Å². The number of hydrogen-bond donors (Lipinski definition) is 3. The van der Waals surface area contributed by atoms with Crippen molar-refractivity contribution in [1.82, 2.24) is 15.8 Å². The number of halogens is 4. The van der Waals surface area contributed by atoms with Gasteiger partial charge in [-0.15, -0.1) is 0 Å². The Labute approximate surface area is 163 Å². The fourth-order valence-corrected chi connectivity index (χ4v) is 2.12. The summed E-state index contributed by atoms with van der Waals surface area (Å²) in [6.07, 6.45) is -4.74. The van der Waals surface area contributed by atoms with Crippen LogP contribution < -0.4 is 20.3 Å². The average molecular weight is 420 g/mol. The number of benzene rings is 1. The van der Waals surface area contributed by atoms with E-state index in [9.17, 15) is 18.0 Å². The lowest BCUT2D eigenvalue weighted by molar-refractivity contribution is -0.137. The number of aromatic nitrogens is 1. The molecule has 152 valence electrons. The highest BCUT2D eigenvalue weighted by Crippen LogP contribution is 2.34. The van der Waals surface area contributed by atoms with Crippen LogP contribution >= 0.6 is 11.6 Å². The number of amides is 1. The van der Waals surface area contributed by atoms with Gasteiger partial charge in [0.05, 0.1) is 12.2 Å². The van der Waals surface area contributed by atoms with Crippen molar-refractivity contribution in [3.05, 3.63) is 47.1 Å². The van der Waals surface area contributed by atoms with Crippen LogP contribution in [0.3, 0.4) is 0 Å². The number of carbonyl (C=O) groups is 1. The van der Waals surface area contributed by atoms with Crippen molar-refractivity contribution < 1.29 is 32.5 Å². The summed E-state index contributed by atoms with van der Waals surface area (Å²) in [6.45, 7) is 1.60. The van der Waals surface area contributed by atoms with Crippen molar-refractivity contribution in [2.75, 3.05) is 13.2 Å². The summed E-state index contributed by atoms with van der Waals surface area (Å²) < 4.78 is 48.7. The maximum atomic E-state index is 12.6. The lowest BCUT2D eigenvalue weighted by Crippen LogP contribution is -2.45. The molecule has 0 radical (unpaired) electrons. The zero-order chi connectivity index (χ0) is 20.7. The molecule has 0 aliphatic carbocycles. The van der Waals surface area contributed by atoms with Crippen LogP contribution in [0.1, 0.15) is 12.5 Å². The zero-order valence-corrected chi connectivity index (χ0v) is 15.3. The minimum Gasteiger partial charge on any atom is -0.481 e. The van der Waals surface area contributed by atoms with E-state index < -0.39 is 23.8 Å². The van der Waals surface area contributed by atoms with Gasteiger partial charge in [0, 0.05) is 12.7 Å². The lowest BCUT2D eigenvalue weighted by Gasteiger charge is -2.15. The average Bonchev–Trinajstić information content (AvgIpc) is 2.64. The number of aliphatic hydroxyl groups excluding tert-OH is 1. The topological polar surface area (TPSA) is 92.7 Å². The number of hydrazine groups is 1. The molecule has 0 aliphatic rings. The van der Waals surface area contributed by atoms with Gasteiger partial charge >= 0.3 is 6.18 Å². The molecule has 1 aromatic heterocycles. The molecule has 7 nitrogen and oxygen atoms in total. The molecule has 2 rings (SSSR count). The minimum atomic E-state index is -4.55. The molecular formula is C17H17ClF3N3O4. The number of carbonyl (C=O) groups excluding carboxylic acids is 1. The van der Waals surface area contributed by atoms with Gasteiger partial charge in [0.25, 0.3) is 5.91 Å². The third kappa shape index (κ3) is 6.25. The van der Waals surface area contributed by atoms with Gasteiger partial charge in [-0.25, -0.2) is 10.4 Å². The van der Waals surface area contributed by atoms with E-state index in [0.29, 0.717) is 11.9 Å². The Morgan fingerprint density at radius 1 is 1.29 bits per heavy atom. The Morgan fingerprint density at radius 2 is 1.93 bits per heavy atom. The van der Waals surface area contributed by atoms with Gasteiger partial charge in [-0.05, 0) is 37.3 Å². The fourth-order valence-electron chi connectivity index (χ4n) is 1.92. The number of nitrogens with one attached hydrogen (secondary N) is 2. The van der Waals surface area contributed by atoms with Crippen LogP contribution in [-0.4, -0.2) is 35.3 Å². The van der Waals surface area contributed by atoms with E-state index in [1.165, 1.54) is 31.2 Å². The van der Waals surface area contributed by atoms with Gasteiger partial charge in [0.2, 0.25) is 5.88 Å². The number of ether oxygens (including phenoxy) is 2. The summed E-state index contributed by atoms with van der Waals surface area (Å²) in [5.41, 5.74) is 3.91. The Bertz CT molecular complexity index is 803. The second-order valence-electron chi connectivity index (χ2n) is 5.48. The molecule has 1 aromatic carbocycles. The Kier molecular flexibility index (Phi) is 7.44. The Hall–Kier alpha value is -2.56. The van der Waals surface area contributed by atoms with E-state index in [-0.39, 0.29) is 29.8 Å². The quantitative estimate of drug-likeness (QED) is 0.450. The first kappa shape index (κ1) is 21.7. The second kappa shape index (κ2) is 9.58. The third-order valence-electron chi connectivity index (χ3n) is 3.30. The molecule has 2 aromatic rings. The summed E-state index contributed by atoms with van der Waals surface area (Å²) in [7, 11) is 0. The van der Waals surface area contributed by atoms with E-state index in [2.05, 4.69) is 15.8 Å².